The van der Waals surface area contributed by atoms with E-state index in [2.05, 4.69) is 18.8 Å². The highest BCUT2D eigenvalue weighted by Crippen LogP contribution is 2.42. The number of aromatic hydroxyl groups is 1. The highest BCUT2D eigenvalue weighted by molar-refractivity contribution is 6.46. The van der Waals surface area contributed by atoms with Crippen LogP contribution in [0.25, 0.3) is 5.76 Å². The second-order valence-corrected chi connectivity index (χ2v) is 9.63. The average Bonchev–Trinajstić information content (AvgIpc) is 3.14. The fraction of sp³-hybridized carbons (Fsp3) is 0.300. The molecule has 2 aromatic carbocycles. The zero-order chi connectivity index (χ0) is 27.4. The molecule has 3 aromatic rings. The predicted octanol–water partition coefficient (Wildman–Crippen LogP) is 5.15. The maximum absolute atomic E-state index is 13.4. The topological polar surface area (TPSA) is 109 Å². The SMILES string of the molecule is CCOc1cc(C2/C(=C(/O)c3ccc(OCC(C)C)c(C)c3)C(=O)C(=O)N2Cc2cccnc2)ccc1O. The summed E-state index contributed by atoms with van der Waals surface area (Å²) >= 11 is 0. The fourth-order valence-corrected chi connectivity index (χ4v) is 4.42. The first kappa shape index (κ1) is 26.7. The van der Waals surface area contributed by atoms with Gasteiger partial charge in [0.2, 0.25) is 0 Å². The number of phenolic OH excluding ortho intramolecular Hbond substituents is 1. The zero-order valence-corrected chi connectivity index (χ0v) is 22.0. The van der Waals surface area contributed by atoms with Gasteiger partial charge in [-0.2, -0.15) is 0 Å². The molecular weight excluding hydrogens is 484 g/mol. The molecule has 198 valence electrons. The van der Waals surface area contributed by atoms with Gasteiger partial charge in [-0.1, -0.05) is 26.0 Å². The first-order chi connectivity index (χ1) is 18.2. The van der Waals surface area contributed by atoms with Gasteiger partial charge in [0.15, 0.2) is 11.5 Å². The van der Waals surface area contributed by atoms with Gasteiger partial charge in [0.05, 0.1) is 24.8 Å². The molecule has 0 spiro atoms. The summed E-state index contributed by atoms with van der Waals surface area (Å²) in [5.74, 6) is -0.618. The van der Waals surface area contributed by atoms with E-state index in [0.29, 0.717) is 36.0 Å². The van der Waals surface area contributed by atoms with Gasteiger partial charge in [0, 0.05) is 24.5 Å². The number of hydrogen-bond acceptors (Lipinski definition) is 7. The summed E-state index contributed by atoms with van der Waals surface area (Å²) in [6.07, 6.45) is 3.25. The molecule has 2 N–H and O–H groups in total. The number of Topliss-reactive ketones (excluding diaryl/α,β-unsaturated/α-hetero) is 1. The van der Waals surface area contributed by atoms with Gasteiger partial charge in [-0.15, -0.1) is 0 Å². The van der Waals surface area contributed by atoms with Crippen molar-refractivity contribution in [2.24, 2.45) is 5.92 Å². The van der Waals surface area contributed by atoms with E-state index in [1.54, 1.807) is 55.7 Å². The quantitative estimate of drug-likeness (QED) is 0.230. The number of ketones is 1. The Bertz CT molecular complexity index is 1370. The monoisotopic (exact) mass is 516 g/mol. The predicted molar refractivity (Wildman–Crippen MR) is 143 cm³/mol. The minimum absolute atomic E-state index is 0.0396. The van der Waals surface area contributed by atoms with Crippen LogP contribution in [0.5, 0.6) is 17.2 Å². The van der Waals surface area contributed by atoms with Crippen molar-refractivity contribution in [2.75, 3.05) is 13.2 Å². The van der Waals surface area contributed by atoms with E-state index in [-0.39, 0.29) is 29.4 Å². The van der Waals surface area contributed by atoms with Gasteiger partial charge in [0.25, 0.3) is 11.7 Å². The minimum atomic E-state index is -0.910. The Morgan fingerprint density at radius 2 is 1.87 bits per heavy atom. The standard InChI is InChI=1S/C30H32N2O6/c1-5-37-25-14-21(8-10-23(25)33)27-26(29(35)30(36)32(27)16-20-7-6-12-31-15-20)28(34)22-9-11-24(19(4)13-22)38-17-18(2)3/h6-15,18,27,33-34H,5,16-17H2,1-4H3/b28-26-. The van der Waals surface area contributed by atoms with Crippen molar-refractivity contribution in [3.8, 4) is 17.2 Å². The van der Waals surface area contributed by atoms with Gasteiger partial charge in [-0.05, 0) is 72.9 Å². The summed E-state index contributed by atoms with van der Waals surface area (Å²) < 4.78 is 11.4. The van der Waals surface area contributed by atoms with E-state index < -0.39 is 17.7 Å². The van der Waals surface area contributed by atoms with Crippen LogP contribution in [-0.2, 0) is 16.1 Å². The van der Waals surface area contributed by atoms with E-state index in [1.807, 2.05) is 13.0 Å². The number of rotatable bonds is 9. The number of carbonyl (C=O) groups is 2. The lowest BCUT2D eigenvalue weighted by Crippen LogP contribution is -2.29. The molecule has 1 saturated heterocycles. The molecule has 8 heteroatoms. The number of benzene rings is 2. The number of aromatic nitrogens is 1. The second kappa shape index (κ2) is 11.4. The van der Waals surface area contributed by atoms with Crippen LogP contribution in [0.3, 0.4) is 0 Å². The molecule has 1 aliphatic rings. The second-order valence-electron chi connectivity index (χ2n) is 9.63. The average molecular weight is 517 g/mol. The summed E-state index contributed by atoms with van der Waals surface area (Å²) in [7, 11) is 0. The number of phenols is 1. The van der Waals surface area contributed by atoms with E-state index in [0.717, 1.165) is 11.1 Å². The molecule has 1 aromatic heterocycles. The molecule has 1 unspecified atom stereocenters. The summed E-state index contributed by atoms with van der Waals surface area (Å²) in [5.41, 5.74) is 2.39. The molecule has 4 rings (SSSR count). The molecule has 1 aliphatic heterocycles. The third-order valence-electron chi connectivity index (χ3n) is 6.24. The third kappa shape index (κ3) is 5.49. The van der Waals surface area contributed by atoms with Crippen LogP contribution >= 0.6 is 0 Å². The summed E-state index contributed by atoms with van der Waals surface area (Å²) in [6.45, 7) is 8.73. The lowest BCUT2D eigenvalue weighted by molar-refractivity contribution is -0.140. The molecular formula is C30H32N2O6. The Labute approximate surface area is 222 Å². The molecule has 1 atom stereocenters. The fourth-order valence-electron chi connectivity index (χ4n) is 4.42. The maximum Gasteiger partial charge on any atom is 0.295 e. The Balaban J connectivity index is 1.83. The van der Waals surface area contributed by atoms with Crippen molar-refractivity contribution < 1.29 is 29.3 Å². The van der Waals surface area contributed by atoms with Gasteiger partial charge in [-0.3, -0.25) is 14.6 Å². The highest BCUT2D eigenvalue weighted by Gasteiger charge is 2.46. The summed E-state index contributed by atoms with van der Waals surface area (Å²) in [4.78, 5) is 32.2. The number of likely N-dealkylation sites (tertiary alicyclic amines) is 1. The Morgan fingerprint density at radius 3 is 2.53 bits per heavy atom. The summed E-state index contributed by atoms with van der Waals surface area (Å²) in [6, 6.07) is 12.5. The molecule has 38 heavy (non-hydrogen) atoms. The van der Waals surface area contributed by atoms with Crippen molar-refractivity contribution in [1.82, 2.24) is 9.88 Å². The van der Waals surface area contributed by atoms with Crippen molar-refractivity contribution >= 4 is 17.4 Å². The third-order valence-corrected chi connectivity index (χ3v) is 6.24. The van der Waals surface area contributed by atoms with Crippen molar-refractivity contribution in [2.45, 2.75) is 40.3 Å². The first-order valence-corrected chi connectivity index (χ1v) is 12.6. The number of amides is 1. The number of aliphatic hydroxyl groups excluding tert-OH is 1. The van der Waals surface area contributed by atoms with Crippen LogP contribution in [-0.4, -0.2) is 45.0 Å². The first-order valence-electron chi connectivity index (χ1n) is 12.6. The maximum atomic E-state index is 13.4. The van der Waals surface area contributed by atoms with Crippen LogP contribution in [0, 0.1) is 12.8 Å². The Kier molecular flexibility index (Phi) is 8.00. The van der Waals surface area contributed by atoms with E-state index >= 15 is 0 Å². The minimum Gasteiger partial charge on any atom is -0.507 e. The molecule has 0 saturated carbocycles. The van der Waals surface area contributed by atoms with Crippen LogP contribution in [0.2, 0.25) is 0 Å². The number of hydrogen-bond donors (Lipinski definition) is 2. The Morgan fingerprint density at radius 1 is 1.08 bits per heavy atom. The molecule has 1 amide bonds. The molecule has 0 radical (unpaired) electrons. The smallest absolute Gasteiger partial charge is 0.295 e. The van der Waals surface area contributed by atoms with Gasteiger partial charge in [-0.25, -0.2) is 0 Å². The largest absolute Gasteiger partial charge is 0.507 e. The number of aryl methyl sites for hydroxylation is 1. The number of carbonyl (C=O) groups excluding carboxylic acids is 2. The van der Waals surface area contributed by atoms with Crippen LogP contribution in [0.1, 0.15) is 49.1 Å². The van der Waals surface area contributed by atoms with E-state index in [9.17, 15) is 19.8 Å². The van der Waals surface area contributed by atoms with Crippen LogP contribution < -0.4 is 9.47 Å². The molecule has 1 fully saturated rings. The van der Waals surface area contributed by atoms with Crippen molar-refractivity contribution in [3.05, 3.63) is 88.8 Å². The zero-order valence-electron chi connectivity index (χ0n) is 22.0. The highest BCUT2D eigenvalue weighted by atomic mass is 16.5. The molecule has 0 aliphatic carbocycles. The molecule has 2 heterocycles. The summed E-state index contributed by atoms with van der Waals surface area (Å²) in [5, 5.41) is 21.7. The number of aliphatic hydroxyl groups is 1. The number of nitrogens with zero attached hydrogens (tertiary/aromatic N) is 2. The number of ether oxygens (including phenoxy) is 2. The number of pyridine rings is 1. The normalized spacial score (nSPS) is 16.8. The lowest BCUT2D eigenvalue weighted by Gasteiger charge is -2.26. The molecule has 8 nitrogen and oxygen atoms in total. The van der Waals surface area contributed by atoms with E-state index in [4.69, 9.17) is 9.47 Å². The van der Waals surface area contributed by atoms with E-state index in [1.165, 1.54) is 11.0 Å². The van der Waals surface area contributed by atoms with Gasteiger partial charge in [0.1, 0.15) is 11.5 Å². The Hall–Kier alpha value is -4.33. The van der Waals surface area contributed by atoms with Crippen molar-refractivity contribution in [1.29, 1.82) is 0 Å². The van der Waals surface area contributed by atoms with Gasteiger partial charge < -0.3 is 24.6 Å². The van der Waals surface area contributed by atoms with Crippen molar-refractivity contribution in [3.63, 3.8) is 0 Å². The van der Waals surface area contributed by atoms with Gasteiger partial charge >= 0.3 is 0 Å². The van der Waals surface area contributed by atoms with Crippen LogP contribution in [0.4, 0.5) is 0 Å². The molecule has 0 bridgehead atoms. The van der Waals surface area contributed by atoms with Crippen LogP contribution in [0.15, 0.2) is 66.5 Å². The lowest BCUT2D eigenvalue weighted by atomic mass is 9.94.